The largest absolute Gasteiger partial charge is 0.472 e. The van der Waals surface area contributed by atoms with Crippen LogP contribution in [-0.2, 0) is 18.4 Å². The van der Waals surface area contributed by atoms with Gasteiger partial charge in [0, 0.05) is 6.42 Å². The molecule has 0 radical (unpaired) electrons. The van der Waals surface area contributed by atoms with Gasteiger partial charge >= 0.3 is 7.82 Å². The van der Waals surface area contributed by atoms with Gasteiger partial charge in [-0.2, -0.15) is 0 Å². The smallest absolute Gasteiger partial charge is 0.391 e. The van der Waals surface area contributed by atoms with Crippen molar-refractivity contribution in [3.63, 3.8) is 0 Å². The number of hydrogen-bond acceptors (Lipinski definition) is 5. The summed E-state index contributed by atoms with van der Waals surface area (Å²) in [7, 11) is 1.63. The van der Waals surface area contributed by atoms with E-state index in [1.54, 1.807) is 0 Å². The normalized spacial score (nSPS) is 14.3. The molecule has 0 bridgehead atoms. The summed E-state index contributed by atoms with van der Waals surface area (Å²) in [5, 5.41) is 14.0. The molecule has 0 aromatic rings. The van der Waals surface area contributed by atoms with Crippen molar-refractivity contribution in [3.8, 4) is 0 Å². The fourth-order valence-electron chi connectivity index (χ4n) is 7.11. The van der Waals surface area contributed by atoms with E-state index in [2.05, 4.69) is 19.2 Å². The Morgan fingerprint density at radius 2 is 0.889 bits per heavy atom. The van der Waals surface area contributed by atoms with Gasteiger partial charge in [0.15, 0.2) is 0 Å². The molecule has 1 amide bonds. The molecule has 0 saturated carbocycles. The predicted molar refractivity (Wildman–Crippen MR) is 231 cm³/mol. The van der Waals surface area contributed by atoms with E-state index < -0.39 is 20.0 Å². The van der Waals surface area contributed by atoms with Crippen LogP contribution in [0.1, 0.15) is 232 Å². The van der Waals surface area contributed by atoms with Crippen LogP contribution in [0.5, 0.6) is 0 Å². The van der Waals surface area contributed by atoms with Crippen molar-refractivity contribution in [2.24, 2.45) is 0 Å². The molecule has 3 N–H and O–H groups in total. The highest BCUT2D eigenvalue weighted by atomic mass is 31.2. The fraction of sp³-hybridized carbons (Fsp3) is 0.978. The maximum absolute atomic E-state index is 12.9. The minimum atomic E-state index is -4.31. The summed E-state index contributed by atoms with van der Waals surface area (Å²) in [6, 6.07) is -0.752. The molecule has 0 aromatic carbocycles. The quantitative estimate of drug-likeness (QED) is 0.0323. The number of carbonyl (C=O) groups excluding carboxylic acids is 1. The van der Waals surface area contributed by atoms with Crippen molar-refractivity contribution in [1.82, 2.24) is 5.32 Å². The molecule has 0 rings (SSSR count). The van der Waals surface area contributed by atoms with E-state index in [0.717, 1.165) is 38.5 Å². The van der Waals surface area contributed by atoms with Crippen molar-refractivity contribution in [2.75, 3.05) is 40.9 Å². The van der Waals surface area contributed by atoms with E-state index in [4.69, 9.17) is 9.05 Å². The molecule has 54 heavy (non-hydrogen) atoms. The molecular weight excluding hydrogens is 695 g/mol. The molecule has 0 aliphatic carbocycles. The minimum Gasteiger partial charge on any atom is -0.391 e. The Bertz CT molecular complexity index is 855. The van der Waals surface area contributed by atoms with E-state index >= 15 is 0 Å². The molecule has 0 aromatic heterocycles. The van der Waals surface area contributed by atoms with Crippen LogP contribution >= 0.6 is 7.82 Å². The Hall–Kier alpha value is -0.500. The Morgan fingerprint density at radius 1 is 0.556 bits per heavy atom. The number of quaternary nitrogens is 1. The number of nitrogens with one attached hydrogen (secondary N) is 1. The standard InChI is InChI=1S/C45H93N2O6P/c1-6-8-10-12-14-16-18-20-22-23-25-26-28-30-32-34-36-38-44(48)43(42-53-54(50,51)52-41-40-47(3,4)5)46-45(49)39-37-35-33-31-29-27-24-21-19-17-15-13-11-9-7-2/h43-44,48H,6-42H2,1-5H3,(H-,46,49,50,51)/p+1. The molecule has 0 fully saturated rings. The molecule has 3 atom stereocenters. The van der Waals surface area contributed by atoms with Gasteiger partial charge in [-0.3, -0.25) is 13.8 Å². The second kappa shape index (κ2) is 38.0. The summed E-state index contributed by atoms with van der Waals surface area (Å²) in [5.41, 5.74) is 0. The zero-order valence-corrected chi connectivity index (χ0v) is 37.6. The lowest BCUT2D eigenvalue weighted by atomic mass is 10.0. The van der Waals surface area contributed by atoms with Gasteiger partial charge in [0.25, 0.3) is 0 Å². The highest BCUT2D eigenvalue weighted by Gasteiger charge is 2.28. The van der Waals surface area contributed by atoms with Crippen LogP contribution in [-0.4, -0.2) is 73.4 Å². The molecule has 0 aliphatic heterocycles. The summed E-state index contributed by atoms with van der Waals surface area (Å²) in [6.07, 6.45) is 41.2. The summed E-state index contributed by atoms with van der Waals surface area (Å²) < 4.78 is 23.7. The second-order valence-electron chi connectivity index (χ2n) is 17.5. The van der Waals surface area contributed by atoms with Crippen LogP contribution in [0.25, 0.3) is 0 Å². The number of aliphatic hydroxyl groups is 1. The van der Waals surface area contributed by atoms with E-state index in [1.807, 2.05) is 21.1 Å². The van der Waals surface area contributed by atoms with Crippen molar-refractivity contribution < 1.29 is 32.9 Å². The molecule has 3 unspecified atom stereocenters. The third-order valence-corrected chi connectivity index (χ3v) is 11.8. The molecule has 8 nitrogen and oxygen atoms in total. The first kappa shape index (κ1) is 53.5. The van der Waals surface area contributed by atoms with Crippen LogP contribution in [0.15, 0.2) is 0 Å². The number of amides is 1. The Balaban J connectivity index is 4.30. The van der Waals surface area contributed by atoms with E-state index in [1.165, 1.54) is 167 Å². The Labute approximate surface area is 336 Å². The zero-order chi connectivity index (χ0) is 40.0. The van der Waals surface area contributed by atoms with Gasteiger partial charge < -0.3 is 19.8 Å². The van der Waals surface area contributed by atoms with Gasteiger partial charge in [0.05, 0.1) is 39.9 Å². The average Bonchev–Trinajstić information content (AvgIpc) is 3.12. The monoisotopic (exact) mass is 790 g/mol. The molecule has 0 saturated heterocycles. The second-order valence-corrected chi connectivity index (χ2v) is 19.0. The zero-order valence-electron chi connectivity index (χ0n) is 36.7. The predicted octanol–water partition coefficient (Wildman–Crippen LogP) is 13.0. The molecular formula is C45H94N2O6P+. The lowest BCUT2D eigenvalue weighted by molar-refractivity contribution is -0.870. The lowest BCUT2D eigenvalue weighted by Gasteiger charge is -2.26. The number of phosphoric acid groups is 1. The van der Waals surface area contributed by atoms with Gasteiger partial charge in [0.2, 0.25) is 5.91 Å². The fourth-order valence-corrected chi connectivity index (χ4v) is 7.84. The molecule has 0 spiro atoms. The van der Waals surface area contributed by atoms with Crippen LogP contribution in [0.3, 0.4) is 0 Å². The molecule has 9 heteroatoms. The maximum atomic E-state index is 12.9. The highest BCUT2D eigenvalue weighted by molar-refractivity contribution is 7.47. The van der Waals surface area contributed by atoms with Crippen LogP contribution in [0.4, 0.5) is 0 Å². The molecule has 0 heterocycles. The number of hydrogen-bond donors (Lipinski definition) is 3. The van der Waals surface area contributed by atoms with E-state index in [0.29, 0.717) is 23.9 Å². The van der Waals surface area contributed by atoms with Gasteiger partial charge in [-0.05, 0) is 12.8 Å². The van der Waals surface area contributed by atoms with Crippen LogP contribution in [0, 0.1) is 0 Å². The van der Waals surface area contributed by atoms with Crippen LogP contribution < -0.4 is 5.32 Å². The third-order valence-electron chi connectivity index (χ3n) is 10.9. The summed E-state index contributed by atoms with van der Waals surface area (Å²) in [5.74, 6) is -0.140. The number of aliphatic hydroxyl groups excluding tert-OH is 1. The number of phosphoric ester groups is 1. The number of likely N-dealkylation sites (N-methyl/N-ethyl adjacent to an activating group) is 1. The highest BCUT2D eigenvalue weighted by Crippen LogP contribution is 2.43. The third kappa shape index (κ3) is 39.7. The molecule has 0 aliphatic rings. The summed E-state index contributed by atoms with van der Waals surface area (Å²) >= 11 is 0. The number of carbonyl (C=O) groups is 1. The average molecular weight is 790 g/mol. The van der Waals surface area contributed by atoms with E-state index in [9.17, 15) is 19.4 Å². The summed E-state index contributed by atoms with van der Waals surface area (Å²) in [6.45, 7) is 4.91. The topological polar surface area (TPSA) is 105 Å². The Morgan fingerprint density at radius 3 is 1.24 bits per heavy atom. The first-order chi connectivity index (χ1) is 26.0. The van der Waals surface area contributed by atoms with Crippen molar-refractivity contribution in [3.05, 3.63) is 0 Å². The minimum absolute atomic E-state index is 0.0787. The first-order valence-corrected chi connectivity index (χ1v) is 24.9. The molecule has 324 valence electrons. The van der Waals surface area contributed by atoms with Gasteiger partial charge in [-0.15, -0.1) is 0 Å². The lowest BCUT2D eigenvalue weighted by Crippen LogP contribution is -2.46. The maximum Gasteiger partial charge on any atom is 0.472 e. The van der Waals surface area contributed by atoms with Crippen molar-refractivity contribution >= 4 is 13.7 Å². The van der Waals surface area contributed by atoms with Crippen molar-refractivity contribution in [2.45, 2.75) is 244 Å². The van der Waals surface area contributed by atoms with Gasteiger partial charge in [0.1, 0.15) is 13.2 Å². The number of nitrogens with zero attached hydrogens (tertiary/aromatic N) is 1. The van der Waals surface area contributed by atoms with Crippen molar-refractivity contribution in [1.29, 1.82) is 0 Å². The summed E-state index contributed by atoms with van der Waals surface area (Å²) in [4.78, 5) is 23.2. The van der Waals surface area contributed by atoms with Crippen LogP contribution in [0.2, 0.25) is 0 Å². The Kier molecular flexibility index (Phi) is 37.7. The SMILES string of the molecule is CCCCCCCCCCCCCCCCCCCC(O)C(COP(=O)(O)OCC[N+](C)(C)C)NC(=O)CCCCCCCCCCCCCCCCC. The van der Waals surface area contributed by atoms with E-state index in [-0.39, 0.29) is 19.1 Å². The van der Waals surface area contributed by atoms with Gasteiger partial charge in [-0.1, -0.05) is 213 Å². The number of unbranched alkanes of at least 4 members (excludes halogenated alkanes) is 30. The first-order valence-electron chi connectivity index (χ1n) is 23.4. The number of rotatable bonds is 43. The van der Waals surface area contributed by atoms with Gasteiger partial charge in [-0.25, -0.2) is 4.57 Å².